The van der Waals surface area contributed by atoms with Gasteiger partial charge in [0.2, 0.25) is 5.91 Å². The van der Waals surface area contributed by atoms with Crippen LogP contribution in [0.2, 0.25) is 5.02 Å². The molecule has 2 rings (SSSR count). The first-order valence-corrected chi connectivity index (χ1v) is 9.57. The highest BCUT2D eigenvalue weighted by molar-refractivity contribution is 7.15. The van der Waals surface area contributed by atoms with Crippen molar-refractivity contribution in [3.63, 3.8) is 0 Å². The molecule has 0 aliphatic rings. The van der Waals surface area contributed by atoms with Gasteiger partial charge in [-0.3, -0.25) is 4.79 Å². The fourth-order valence-electron chi connectivity index (χ4n) is 2.25. The van der Waals surface area contributed by atoms with Crippen molar-refractivity contribution < 1.29 is 14.3 Å². The first-order chi connectivity index (χ1) is 12.2. The average molecular weight is 395 g/mol. The van der Waals surface area contributed by atoms with E-state index in [9.17, 15) is 9.59 Å². The Hall–Kier alpha value is -1.89. The van der Waals surface area contributed by atoms with Crippen molar-refractivity contribution in [2.75, 3.05) is 18.5 Å². The summed E-state index contributed by atoms with van der Waals surface area (Å²) in [5.74, 6) is -0.708. The number of amides is 1. The number of carbonyl (C=O) groups is 2. The minimum atomic E-state index is -0.484. The number of hydrogen-bond acceptors (Lipinski definition) is 5. The summed E-state index contributed by atoms with van der Waals surface area (Å²) in [6.07, 6.45) is 0. The van der Waals surface area contributed by atoms with Crippen molar-refractivity contribution in [3.8, 4) is 11.1 Å². The van der Waals surface area contributed by atoms with E-state index in [4.69, 9.17) is 16.3 Å². The Morgan fingerprint density at radius 3 is 2.50 bits per heavy atom. The predicted octanol–water partition coefficient (Wildman–Crippen LogP) is 4.57. The maximum Gasteiger partial charge on any atom is 0.341 e. The van der Waals surface area contributed by atoms with Crippen LogP contribution in [0.3, 0.4) is 0 Å². The molecule has 140 valence electrons. The molecule has 0 fully saturated rings. The number of nitrogens with one attached hydrogen (secondary N) is 2. The van der Waals surface area contributed by atoms with Gasteiger partial charge in [-0.1, -0.05) is 29.8 Å². The van der Waals surface area contributed by atoms with E-state index in [1.165, 1.54) is 11.3 Å². The zero-order valence-electron chi connectivity index (χ0n) is 15.3. The third kappa shape index (κ3) is 5.30. The van der Waals surface area contributed by atoms with Gasteiger partial charge in [0, 0.05) is 27.1 Å². The van der Waals surface area contributed by atoms with Crippen LogP contribution in [0, 0.1) is 0 Å². The molecule has 1 amide bonds. The maximum atomic E-state index is 12.5. The summed E-state index contributed by atoms with van der Waals surface area (Å²) in [6.45, 7) is 8.06. The van der Waals surface area contributed by atoms with Crippen LogP contribution in [0.1, 0.15) is 38.1 Å². The molecular weight excluding hydrogens is 372 g/mol. The van der Waals surface area contributed by atoms with E-state index < -0.39 is 5.97 Å². The maximum absolute atomic E-state index is 12.5. The smallest absolute Gasteiger partial charge is 0.341 e. The van der Waals surface area contributed by atoms with E-state index in [-0.39, 0.29) is 24.6 Å². The van der Waals surface area contributed by atoms with Crippen LogP contribution >= 0.6 is 22.9 Å². The van der Waals surface area contributed by atoms with E-state index in [1.807, 2.05) is 39.0 Å². The highest BCUT2D eigenvalue weighted by Crippen LogP contribution is 2.39. The molecule has 0 spiro atoms. The zero-order valence-corrected chi connectivity index (χ0v) is 16.9. The Labute approximate surface area is 162 Å². The summed E-state index contributed by atoms with van der Waals surface area (Å²) >= 11 is 7.56. The lowest BCUT2D eigenvalue weighted by molar-refractivity contribution is -0.115. The molecule has 5 nitrogen and oxygen atoms in total. The van der Waals surface area contributed by atoms with Gasteiger partial charge in [0.15, 0.2) is 0 Å². The van der Waals surface area contributed by atoms with Crippen molar-refractivity contribution in [3.05, 3.63) is 40.2 Å². The molecule has 0 bridgehead atoms. The van der Waals surface area contributed by atoms with Crippen LogP contribution in [-0.2, 0) is 9.53 Å². The van der Waals surface area contributed by atoms with Crippen LogP contribution in [0.4, 0.5) is 5.00 Å². The van der Waals surface area contributed by atoms with E-state index in [2.05, 4.69) is 10.6 Å². The number of hydrogen-bond donors (Lipinski definition) is 2. The van der Waals surface area contributed by atoms with Crippen molar-refractivity contribution in [2.24, 2.45) is 0 Å². The SMILES string of the molecule is CCOC(=O)c1c(-c2ccccc2Cl)csc1NC(=O)CNC(C)(C)C. The molecule has 0 saturated heterocycles. The second-order valence-corrected chi connectivity index (χ2v) is 7.99. The van der Waals surface area contributed by atoms with Gasteiger partial charge in [-0.15, -0.1) is 11.3 Å². The van der Waals surface area contributed by atoms with Crippen LogP contribution in [0.25, 0.3) is 11.1 Å². The molecule has 0 atom stereocenters. The number of rotatable bonds is 6. The molecular formula is C19H23ClN2O3S. The summed E-state index contributed by atoms with van der Waals surface area (Å²) in [4.78, 5) is 24.8. The molecule has 0 unspecified atom stereocenters. The number of anilines is 1. The Balaban J connectivity index is 2.34. The summed E-state index contributed by atoms with van der Waals surface area (Å²) in [6, 6.07) is 7.26. The van der Waals surface area contributed by atoms with Gasteiger partial charge in [0.25, 0.3) is 0 Å². The van der Waals surface area contributed by atoms with Gasteiger partial charge in [-0.2, -0.15) is 0 Å². The Morgan fingerprint density at radius 1 is 1.19 bits per heavy atom. The molecule has 2 aromatic rings. The van der Waals surface area contributed by atoms with Crippen molar-refractivity contribution in [1.82, 2.24) is 5.32 Å². The second kappa shape index (κ2) is 8.66. The van der Waals surface area contributed by atoms with Gasteiger partial charge in [0.05, 0.1) is 13.2 Å². The Bertz CT molecular complexity index is 796. The van der Waals surface area contributed by atoms with Crippen LogP contribution in [-0.4, -0.2) is 30.6 Å². The zero-order chi connectivity index (χ0) is 19.3. The summed E-state index contributed by atoms with van der Waals surface area (Å²) in [5, 5.41) is 8.72. The molecule has 1 heterocycles. The molecule has 1 aromatic carbocycles. The molecule has 1 aromatic heterocycles. The number of benzene rings is 1. The standard InChI is InChI=1S/C19H23ClN2O3S/c1-5-25-18(24)16-13(12-8-6-7-9-14(12)20)11-26-17(16)22-15(23)10-21-19(2,3)4/h6-9,11,21H,5,10H2,1-4H3,(H,22,23). The average Bonchev–Trinajstić information content (AvgIpc) is 2.96. The highest BCUT2D eigenvalue weighted by Gasteiger charge is 2.24. The highest BCUT2D eigenvalue weighted by atomic mass is 35.5. The topological polar surface area (TPSA) is 67.4 Å². The lowest BCUT2D eigenvalue weighted by atomic mass is 10.0. The first-order valence-electron chi connectivity index (χ1n) is 8.31. The van der Waals surface area contributed by atoms with Crippen molar-refractivity contribution in [1.29, 1.82) is 0 Å². The quantitative estimate of drug-likeness (QED) is 0.704. The third-order valence-electron chi connectivity index (χ3n) is 3.47. The molecule has 2 N–H and O–H groups in total. The molecule has 26 heavy (non-hydrogen) atoms. The van der Waals surface area contributed by atoms with Crippen LogP contribution in [0.15, 0.2) is 29.6 Å². The number of halogens is 1. The fraction of sp³-hybridized carbons (Fsp3) is 0.368. The minimum absolute atomic E-state index is 0.144. The molecule has 7 heteroatoms. The van der Waals surface area contributed by atoms with Gasteiger partial charge in [0.1, 0.15) is 10.6 Å². The Morgan fingerprint density at radius 2 is 1.88 bits per heavy atom. The monoisotopic (exact) mass is 394 g/mol. The Kier molecular flexibility index (Phi) is 6.81. The molecule has 0 saturated carbocycles. The molecule has 0 aliphatic heterocycles. The normalized spacial score (nSPS) is 11.3. The number of esters is 1. The number of thiophene rings is 1. The third-order valence-corrected chi connectivity index (χ3v) is 4.69. The fourth-order valence-corrected chi connectivity index (χ4v) is 3.45. The first kappa shape index (κ1) is 20.4. The van der Waals surface area contributed by atoms with Gasteiger partial charge in [-0.25, -0.2) is 4.79 Å². The summed E-state index contributed by atoms with van der Waals surface area (Å²) < 4.78 is 5.18. The minimum Gasteiger partial charge on any atom is -0.462 e. The van der Waals surface area contributed by atoms with E-state index >= 15 is 0 Å². The van der Waals surface area contributed by atoms with Crippen LogP contribution < -0.4 is 10.6 Å². The van der Waals surface area contributed by atoms with Gasteiger partial charge < -0.3 is 15.4 Å². The van der Waals surface area contributed by atoms with Gasteiger partial charge >= 0.3 is 5.97 Å². The summed E-state index contributed by atoms with van der Waals surface area (Å²) in [7, 11) is 0. The van der Waals surface area contributed by atoms with E-state index in [0.717, 1.165) is 5.56 Å². The second-order valence-electron chi connectivity index (χ2n) is 6.71. The predicted molar refractivity (Wildman–Crippen MR) is 107 cm³/mol. The molecule has 0 aliphatic carbocycles. The lowest BCUT2D eigenvalue weighted by Crippen LogP contribution is -2.41. The summed E-state index contributed by atoms with van der Waals surface area (Å²) in [5.41, 5.74) is 1.52. The van der Waals surface area contributed by atoms with Crippen LogP contribution in [0.5, 0.6) is 0 Å². The van der Waals surface area contributed by atoms with Crippen molar-refractivity contribution >= 4 is 39.8 Å². The van der Waals surface area contributed by atoms with Crippen molar-refractivity contribution in [2.45, 2.75) is 33.2 Å². The van der Waals surface area contributed by atoms with E-state index in [0.29, 0.717) is 21.2 Å². The number of ether oxygens (including phenoxy) is 1. The molecule has 0 radical (unpaired) electrons. The lowest BCUT2D eigenvalue weighted by Gasteiger charge is -2.20. The van der Waals surface area contributed by atoms with E-state index in [1.54, 1.807) is 18.4 Å². The number of carbonyl (C=O) groups excluding carboxylic acids is 2. The van der Waals surface area contributed by atoms with Gasteiger partial charge in [-0.05, 0) is 33.8 Å². The largest absolute Gasteiger partial charge is 0.462 e.